The van der Waals surface area contributed by atoms with Crippen LogP contribution in [0.3, 0.4) is 0 Å². The third-order valence-corrected chi connectivity index (χ3v) is 4.27. The van der Waals surface area contributed by atoms with E-state index in [-0.39, 0.29) is 23.7 Å². The van der Waals surface area contributed by atoms with Crippen LogP contribution in [-0.2, 0) is 15.0 Å². The van der Waals surface area contributed by atoms with Crippen molar-refractivity contribution < 1.29 is 26.8 Å². The molecule has 0 radical (unpaired) electrons. The molecule has 2 rings (SSSR count). The number of nitro benzene ring substituents is 1. The fourth-order valence-electron chi connectivity index (χ4n) is 2.10. The molecule has 1 aliphatic heterocycles. The first-order chi connectivity index (χ1) is 9.74. The van der Waals surface area contributed by atoms with Crippen molar-refractivity contribution in [3.8, 4) is 5.75 Å². The standard InChI is InChI=1S/C11H11FN2O6S/c1-20-10-3-2-7(4-9(10)14(16)17)13-6-8(5-11(13)15)21(12,18)19/h2-4,8H,5-6H2,1H3. The van der Waals surface area contributed by atoms with Crippen molar-refractivity contribution in [1.29, 1.82) is 0 Å². The van der Waals surface area contributed by atoms with Gasteiger partial charge in [-0.05, 0) is 12.1 Å². The number of methoxy groups -OCH3 is 1. The van der Waals surface area contributed by atoms with Crippen molar-refractivity contribution in [2.24, 2.45) is 0 Å². The third kappa shape index (κ3) is 2.94. The summed E-state index contributed by atoms with van der Waals surface area (Å²) in [6.45, 7) is -0.374. The minimum absolute atomic E-state index is 0.00468. The van der Waals surface area contributed by atoms with E-state index in [4.69, 9.17) is 4.74 Å². The van der Waals surface area contributed by atoms with Gasteiger partial charge in [-0.25, -0.2) is 0 Å². The van der Waals surface area contributed by atoms with Gasteiger partial charge in [0.05, 0.1) is 17.7 Å². The number of benzene rings is 1. The highest BCUT2D eigenvalue weighted by atomic mass is 32.3. The molecule has 1 unspecified atom stereocenters. The third-order valence-electron chi connectivity index (χ3n) is 3.16. The van der Waals surface area contributed by atoms with Crippen LogP contribution in [0.2, 0.25) is 0 Å². The lowest BCUT2D eigenvalue weighted by atomic mass is 10.2. The monoisotopic (exact) mass is 318 g/mol. The van der Waals surface area contributed by atoms with Gasteiger partial charge in [0.25, 0.3) is 0 Å². The molecule has 0 aliphatic carbocycles. The molecule has 21 heavy (non-hydrogen) atoms. The van der Waals surface area contributed by atoms with Gasteiger partial charge in [-0.15, -0.1) is 3.89 Å². The maximum Gasteiger partial charge on any atom is 0.312 e. The number of ether oxygens (including phenoxy) is 1. The minimum Gasteiger partial charge on any atom is -0.490 e. The van der Waals surface area contributed by atoms with E-state index < -0.39 is 32.7 Å². The molecule has 0 N–H and O–H groups in total. The van der Waals surface area contributed by atoms with E-state index in [2.05, 4.69) is 0 Å². The zero-order chi connectivity index (χ0) is 15.8. The lowest BCUT2D eigenvalue weighted by molar-refractivity contribution is -0.385. The summed E-state index contributed by atoms with van der Waals surface area (Å²) in [5.41, 5.74) is -0.243. The second-order valence-corrected chi connectivity index (χ2v) is 6.04. The maximum atomic E-state index is 12.9. The Balaban J connectivity index is 2.37. The van der Waals surface area contributed by atoms with E-state index in [9.17, 15) is 27.2 Å². The molecule has 1 heterocycles. The molecule has 0 saturated carbocycles. The average molecular weight is 318 g/mol. The smallest absolute Gasteiger partial charge is 0.312 e. The van der Waals surface area contributed by atoms with Gasteiger partial charge in [0.1, 0.15) is 5.25 Å². The molecule has 1 amide bonds. The molecular formula is C11H11FN2O6S. The number of nitro groups is 1. The Labute approximate surface area is 119 Å². The van der Waals surface area contributed by atoms with E-state index in [1.54, 1.807) is 0 Å². The summed E-state index contributed by atoms with van der Waals surface area (Å²) in [6.07, 6.45) is -0.487. The number of rotatable bonds is 4. The molecule has 8 nitrogen and oxygen atoms in total. The van der Waals surface area contributed by atoms with Crippen LogP contribution in [0.25, 0.3) is 0 Å². The van der Waals surface area contributed by atoms with E-state index in [0.29, 0.717) is 0 Å². The van der Waals surface area contributed by atoms with Gasteiger partial charge in [0.2, 0.25) is 5.91 Å². The summed E-state index contributed by atoms with van der Waals surface area (Å²) in [7, 11) is -3.58. The van der Waals surface area contributed by atoms with Crippen molar-refractivity contribution in [1.82, 2.24) is 0 Å². The van der Waals surface area contributed by atoms with Crippen LogP contribution in [-0.4, -0.2) is 38.2 Å². The molecule has 10 heteroatoms. The number of carbonyl (C=O) groups is 1. The first-order valence-corrected chi connectivity index (χ1v) is 7.25. The molecule has 1 aliphatic rings. The number of anilines is 1. The summed E-state index contributed by atoms with van der Waals surface area (Å²) >= 11 is 0. The molecule has 1 aromatic carbocycles. The van der Waals surface area contributed by atoms with E-state index in [1.165, 1.54) is 19.2 Å². The number of hydrogen-bond donors (Lipinski definition) is 0. The highest BCUT2D eigenvalue weighted by Gasteiger charge is 2.39. The Bertz CT molecular complexity index is 705. The fourth-order valence-corrected chi connectivity index (χ4v) is 2.77. The highest BCUT2D eigenvalue weighted by molar-refractivity contribution is 7.87. The quantitative estimate of drug-likeness (QED) is 0.466. The average Bonchev–Trinajstić information content (AvgIpc) is 2.80. The second-order valence-electron chi connectivity index (χ2n) is 4.42. The topological polar surface area (TPSA) is 107 Å². The van der Waals surface area contributed by atoms with Crippen molar-refractivity contribution in [2.75, 3.05) is 18.6 Å². The lowest BCUT2D eigenvalue weighted by Gasteiger charge is -2.16. The van der Waals surface area contributed by atoms with Crippen molar-refractivity contribution in [2.45, 2.75) is 11.7 Å². The number of amides is 1. The first-order valence-electron chi connectivity index (χ1n) is 5.80. The van der Waals surface area contributed by atoms with Gasteiger partial charge in [-0.3, -0.25) is 14.9 Å². The van der Waals surface area contributed by atoms with Crippen LogP contribution in [0.4, 0.5) is 15.3 Å². The molecule has 1 aromatic rings. The van der Waals surface area contributed by atoms with Crippen molar-refractivity contribution in [3.05, 3.63) is 28.3 Å². The van der Waals surface area contributed by atoms with Gasteiger partial charge in [-0.1, -0.05) is 0 Å². The Morgan fingerprint density at radius 2 is 2.14 bits per heavy atom. The predicted octanol–water partition coefficient (Wildman–Crippen LogP) is 1.01. The molecule has 0 bridgehead atoms. The number of nitrogens with zero attached hydrogens (tertiary/aromatic N) is 2. The molecule has 1 saturated heterocycles. The van der Waals surface area contributed by atoms with Crippen LogP contribution < -0.4 is 9.64 Å². The van der Waals surface area contributed by atoms with Crippen LogP contribution in [0.15, 0.2) is 18.2 Å². The Kier molecular flexibility index (Phi) is 3.81. The maximum absolute atomic E-state index is 12.9. The lowest BCUT2D eigenvalue weighted by Crippen LogP contribution is -2.26. The van der Waals surface area contributed by atoms with Crippen molar-refractivity contribution >= 4 is 27.5 Å². The Morgan fingerprint density at radius 3 is 2.62 bits per heavy atom. The van der Waals surface area contributed by atoms with Gasteiger partial charge in [-0.2, -0.15) is 8.42 Å². The molecule has 1 fully saturated rings. The molecule has 1 atom stereocenters. The second kappa shape index (κ2) is 5.28. The van der Waals surface area contributed by atoms with Gasteiger partial charge >= 0.3 is 15.9 Å². The fraction of sp³-hybridized carbons (Fsp3) is 0.364. The summed E-state index contributed by atoms with van der Waals surface area (Å²) < 4.78 is 39.5. The molecule has 0 aromatic heterocycles. The van der Waals surface area contributed by atoms with E-state index in [1.807, 2.05) is 0 Å². The van der Waals surface area contributed by atoms with Crippen molar-refractivity contribution in [3.63, 3.8) is 0 Å². The Morgan fingerprint density at radius 1 is 1.48 bits per heavy atom. The van der Waals surface area contributed by atoms with E-state index in [0.717, 1.165) is 11.0 Å². The Hall–Kier alpha value is -2.23. The van der Waals surface area contributed by atoms with Gasteiger partial charge < -0.3 is 9.64 Å². The van der Waals surface area contributed by atoms with Crippen LogP contribution in [0.1, 0.15) is 6.42 Å². The largest absolute Gasteiger partial charge is 0.490 e. The van der Waals surface area contributed by atoms with E-state index >= 15 is 0 Å². The zero-order valence-corrected chi connectivity index (χ0v) is 11.7. The SMILES string of the molecule is COc1ccc(N2CC(S(=O)(=O)F)CC2=O)cc1[N+](=O)[O-]. The van der Waals surface area contributed by atoms with Crippen LogP contribution in [0.5, 0.6) is 5.75 Å². The van der Waals surface area contributed by atoms with Crippen LogP contribution >= 0.6 is 0 Å². The summed E-state index contributed by atoms with van der Waals surface area (Å²) in [6, 6.07) is 3.75. The summed E-state index contributed by atoms with van der Waals surface area (Å²) in [4.78, 5) is 23.0. The highest BCUT2D eigenvalue weighted by Crippen LogP contribution is 2.33. The first kappa shape index (κ1) is 15.2. The zero-order valence-electron chi connectivity index (χ0n) is 10.9. The molecular weight excluding hydrogens is 307 g/mol. The summed E-state index contributed by atoms with van der Waals surface area (Å²) in [5, 5.41) is 9.47. The molecule has 114 valence electrons. The predicted molar refractivity (Wildman–Crippen MR) is 70.4 cm³/mol. The summed E-state index contributed by atoms with van der Waals surface area (Å²) in [5.74, 6) is -0.606. The number of halogens is 1. The van der Waals surface area contributed by atoms with Gasteiger partial charge in [0, 0.05) is 19.0 Å². The normalized spacial score (nSPS) is 18.9. The van der Waals surface area contributed by atoms with Crippen LogP contribution in [0, 0.1) is 10.1 Å². The van der Waals surface area contributed by atoms with Gasteiger partial charge in [0.15, 0.2) is 5.75 Å². The minimum atomic E-state index is -4.84. The molecule has 0 spiro atoms. The number of hydrogen-bond acceptors (Lipinski definition) is 6. The number of carbonyl (C=O) groups excluding carboxylic acids is 1.